The number of H-pyrrole nitrogens is 1. The minimum Gasteiger partial charge on any atom is -0.497 e. The Bertz CT molecular complexity index is 1340. The van der Waals surface area contributed by atoms with Gasteiger partial charge in [0.1, 0.15) is 5.75 Å². The fourth-order valence-electron chi connectivity index (χ4n) is 3.24. The molecule has 0 saturated heterocycles. The summed E-state index contributed by atoms with van der Waals surface area (Å²) in [6.45, 7) is 0.451. The molecule has 0 saturated carbocycles. The molecule has 2 heterocycles. The number of fused-ring (bicyclic) bond motifs is 1. The lowest BCUT2D eigenvalue weighted by molar-refractivity contribution is 0.0951. The first-order chi connectivity index (χ1) is 15.0. The number of rotatable bonds is 6. The Morgan fingerprint density at radius 3 is 2.61 bits per heavy atom. The van der Waals surface area contributed by atoms with Gasteiger partial charge in [0, 0.05) is 24.5 Å². The van der Waals surface area contributed by atoms with Crippen LogP contribution in [0.4, 0.5) is 0 Å². The van der Waals surface area contributed by atoms with Crippen LogP contribution in [0.3, 0.4) is 0 Å². The maximum atomic E-state index is 12.9. The first kappa shape index (κ1) is 20.1. The average Bonchev–Trinajstić information content (AvgIpc) is 2.81. The Labute approximate surface area is 177 Å². The molecular formula is C23H20N4O4. The highest BCUT2D eigenvalue weighted by molar-refractivity contribution is 5.97. The van der Waals surface area contributed by atoms with Crippen LogP contribution in [-0.2, 0) is 13.1 Å². The van der Waals surface area contributed by atoms with Crippen LogP contribution < -0.4 is 21.3 Å². The molecule has 0 aliphatic rings. The lowest BCUT2D eigenvalue weighted by Gasteiger charge is -2.09. The van der Waals surface area contributed by atoms with Crippen molar-refractivity contribution in [1.29, 1.82) is 0 Å². The van der Waals surface area contributed by atoms with Crippen molar-refractivity contribution in [2.45, 2.75) is 13.1 Å². The maximum Gasteiger partial charge on any atom is 0.329 e. The third kappa shape index (κ3) is 4.37. The Morgan fingerprint density at radius 1 is 1.10 bits per heavy atom. The van der Waals surface area contributed by atoms with Crippen LogP contribution in [0.2, 0.25) is 0 Å². The molecule has 156 valence electrons. The Morgan fingerprint density at radius 2 is 1.90 bits per heavy atom. The number of methoxy groups -OCH3 is 1. The standard InChI is InChI=1S/C23H20N4O4/c1-31-18-7-4-15(5-8-18)14-27-22(29)19-9-6-17(11-20(19)26-23(27)30)21(28)25-13-16-3-2-10-24-12-16/h2-12H,13-14H2,1H3,(H,25,28)(H,26,30). The van der Waals surface area contributed by atoms with Crippen molar-refractivity contribution in [1.82, 2.24) is 19.9 Å². The molecule has 0 atom stereocenters. The summed E-state index contributed by atoms with van der Waals surface area (Å²) in [5.41, 5.74) is 1.36. The first-order valence-electron chi connectivity index (χ1n) is 9.62. The summed E-state index contributed by atoms with van der Waals surface area (Å²) in [6.07, 6.45) is 3.33. The van der Waals surface area contributed by atoms with E-state index in [-0.39, 0.29) is 12.5 Å². The topological polar surface area (TPSA) is 106 Å². The second-order valence-electron chi connectivity index (χ2n) is 6.97. The van der Waals surface area contributed by atoms with Crippen molar-refractivity contribution in [3.63, 3.8) is 0 Å². The van der Waals surface area contributed by atoms with Gasteiger partial charge >= 0.3 is 5.69 Å². The Balaban J connectivity index is 1.59. The molecule has 1 amide bonds. The number of pyridine rings is 1. The maximum absolute atomic E-state index is 12.9. The molecule has 0 fully saturated rings. The fraction of sp³-hybridized carbons (Fsp3) is 0.130. The lowest BCUT2D eigenvalue weighted by atomic mass is 10.1. The quantitative estimate of drug-likeness (QED) is 0.501. The van der Waals surface area contributed by atoms with E-state index in [0.717, 1.165) is 15.7 Å². The van der Waals surface area contributed by atoms with Gasteiger partial charge in [0.05, 0.1) is 24.6 Å². The van der Waals surface area contributed by atoms with Crippen LogP contribution in [0.25, 0.3) is 10.9 Å². The fourth-order valence-corrected chi connectivity index (χ4v) is 3.24. The number of nitrogens with one attached hydrogen (secondary N) is 2. The normalized spacial score (nSPS) is 10.7. The number of hydrogen-bond acceptors (Lipinski definition) is 5. The highest BCUT2D eigenvalue weighted by atomic mass is 16.5. The monoisotopic (exact) mass is 416 g/mol. The summed E-state index contributed by atoms with van der Waals surface area (Å²) >= 11 is 0. The molecule has 0 spiro atoms. The first-order valence-corrected chi connectivity index (χ1v) is 9.62. The van der Waals surface area contributed by atoms with E-state index >= 15 is 0 Å². The molecule has 2 aromatic carbocycles. The Kier molecular flexibility index (Phi) is 5.61. The highest BCUT2D eigenvalue weighted by Gasteiger charge is 2.12. The predicted octanol–water partition coefficient (Wildman–Crippen LogP) is 2.07. The zero-order valence-corrected chi connectivity index (χ0v) is 16.8. The highest BCUT2D eigenvalue weighted by Crippen LogP contribution is 2.13. The van der Waals surface area contributed by atoms with Gasteiger partial charge in [-0.15, -0.1) is 0 Å². The van der Waals surface area contributed by atoms with Crippen molar-refractivity contribution in [2.24, 2.45) is 0 Å². The van der Waals surface area contributed by atoms with Gasteiger partial charge in [0.15, 0.2) is 0 Å². The largest absolute Gasteiger partial charge is 0.497 e. The van der Waals surface area contributed by atoms with Crippen LogP contribution in [0, 0.1) is 0 Å². The third-order valence-electron chi connectivity index (χ3n) is 4.92. The van der Waals surface area contributed by atoms with E-state index in [1.54, 1.807) is 62.0 Å². The molecule has 0 radical (unpaired) electrons. The minimum atomic E-state index is -0.541. The second kappa shape index (κ2) is 8.66. The minimum absolute atomic E-state index is 0.126. The van der Waals surface area contributed by atoms with Crippen LogP contribution in [0.5, 0.6) is 5.75 Å². The van der Waals surface area contributed by atoms with Crippen LogP contribution in [-0.4, -0.2) is 27.6 Å². The van der Waals surface area contributed by atoms with E-state index in [1.165, 1.54) is 6.07 Å². The number of hydrogen-bond donors (Lipinski definition) is 2. The van der Waals surface area contributed by atoms with Crippen LogP contribution in [0.1, 0.15) is 21.5 Å². The molecule has 0 aliphatic carbocycles. The number of carbonyl (C=O) groups excluding carboxylic acids is 1. The summed E-state index contributed by atoms with van der Waals surface area (Å²) in [7, 11) is 1.57. The van der Waals surface area contributed by atoms with Crippen LogP contribution in [0.15, 0.2) is 76.6 Å². The predicted molar refractivity (Wildman–Crippen MR) is 116 cm³/mol. The van der Waals surface area contributed by atoms with Gasteiger partial charge in [-0.25, -0.2) is 4.79 Å². The number of ether oxygens (including phenoxy) is 1. The zero-order valence-electron chi connectivity index (χ0n) is 16.8. The molecule has 0 aliphatic heterocycles. The van der Waals surface area contributed by atoms with E-state index in [9.17, 15) is 14.4 Å². The summed E-state index contributed by atoms with van der Waals surface area (Å²) in [4.78, 5) is 44.6. The average molecular weight is 416 g/mol. The van der Waals surface area contributed by atoms with Crippen molar-refractivity contribution in [3.05, 3.63) is 105 Å². The number of aromatic nitrogens is 3. The molecule has 8 nitrogen and oxygen atoms in total. The van der Waals surface area contributed by atoms with Gasteiger partial charge < -0.3 is 15.0 Å². The van der Waals surface area contributed by atoms with Crippen LogP contribution >= 0.6 is 0 Å². The van der Waals surface area contributed by atoms with Crippen molar-refractivity contribution in [2.75, 3.05) is 7.11 Å². The molecule has 31 heavy (non-hydrogen) atoms. The summed E-state index contributed by atoms with van der Waals surface area (Å²) in [5.74, 6) is 0.381. The summed E-state index contributed by atoms with van der Waals surface area (Å²) in [6, 6.07) is 15.4. The van der Waals surface area contributed by atoms with E-state index in [2.05, 4.69) is 15.3 Å². The van der Waals surface area contributed by atoms with Crippen molar-refractivity contribution < 1.29 is 9.53 Å². The number of aromatic amines is 1. The number of nitrogens with zero attached hydrogens (tertiary/aromatic N) is 2. The number of amides is 1. The smallest absolute Gasteiger partial charge is 0.329 e. The van der Waals surface area contributed by atoms with Gasteiger partial charge in [0.2, 0.25) is 0 Å². The van der Waals surface area contributed by atoms with Gasteiger partial charge in [-0.3, -0.25) is 19.1 Å². The summed E-state index contributed by atoms with van der Waals surface area (Å²) < 4.78 is 6.26. The SMILES string of the molecule is COc1ccc(Cn2c(=O)[nH]c3cc(C(=O)NCc4cccnc4)ccc3c2=O)cc1. The van der Waals surface area contributed by atoms with E-state index in [4.69, 9.17) is 4.74 Å². The van der Waals surface area contributed by atoms with Gasteiger partial charge in [-0.1, -0.05) is 18.2 Å². The molecule has 0 bridgehead atoms. The Hall–Kier alpha value is -4.20. The van der Waals surface area contributed by atoms with Gasteiger partial charge in [-0.05, 0) is 47.5 Å². The third-order valence-corrected chi connectivity index (χ3v) is 4.92. The number of carbonyl (C=O) groups is 1. The molecule has 0 unspecified atom stereocenters. The molecule has 2 aromatic heterocycles. The zero-order chi connectivity index (χ0) is 21.8. The molecule has 2 N–H and O–H groups in total. The van der Waals surface area contributed by atoms with E-state index in [1.807, 2.05) is 6.07 Å². The molecule has 4 aromatic rings. The lowest BCUT2D eigenvalue weighted by Crippen LogP contribution is -2.35. The van der Waals surface area contributed by atoms with E-state index in [0.29, 0.717) is 28.8 Å². The molecule has 8 heteroatoms. The van der Waals surface area contributed by atoms with Gasteiger partial charge in [-0.2, -0.15) is 0 Å². The van der Waals surface area contributed by atoms with Gasteiger partial charge in [0.25, 0.3) is 11.5 Å². The molecular weight excluding hydrogens is 396 g/mol. The van der Waals surface area contributed by atoms with Crippen molar-refractivity contribution in [3.8, 4) is 5.75 Å². The summed E-state index contributed by atoms with van der Waals surface area (Å²) in [5, 5.41) is 3.13. The number of benzene rings is 2. The second-order valence-corrected chi connectivity index (χ2v) is 6.97. The van der Waals surface area contributed by atoms with E-state index < -0.39 is 11.2 Å². The van der Waals surface area contributed by atoms with Crippen molar-refractivity contribution >= 4 is 16.8 Å². The molecule has 4 rings (SSSR count).